The zero-order valence-corrected chi connectivity index (χ0v) is 18.3. The Morgan fingerprint density at radius 1 is 1.17 bits per heavy atom. The molecule has 4 nitrogen and oxygen atoms in total. The molecule has 0 aliphatic heterocycles. The number of nitrogens with one attached hydrogen (secondary N) is 1. The van der Waals surface area contributed by atoms with E-state index in [9.17, 15) is 4.39 Å². The van der Waals surface area contributed by atoms with Crippen LogP contribution in [0, 0.1) is 19.7 Å². The number of aromatic nitrogens is 2. The normalized spacial score (nSPS) is 14.2. The molecule has 4 rings (SSSR count). The molecule has 1 aliphatic rings. The van der Waals surface area contributed by atoms with Gasteiger partial charge >= 0.3 is 0 Å². The topological polar surface area (TPSA) is 55.9 Å². The molecule has 0 amide bonds. The molecule has 0 radical (unpaired) electrons. The average molecular weight is 427 g/mol. The summed E-state index contributed by atoms with van der Waals surface area (Å²) in [7, 11) is 0. The zero-order chi connectivity index (χ0) is 21.3. The van der Waals surface area contributed by atoms with Crippen molar-refractivity contribution in [3.8, 4) is 0 Å². The molecular formula is C24H28ClFN4. The van der Waals surface area contributed by atoms with Crippen LogP contribution in [0.15, 0.2) is 30.3 Å². The van der Waals surface area contributed by atoms with Crippen LogP contribution in [0.2, 0.25) is 5.02 Å². The van der Waals surface area contributed by atoms with Gasteiger partial charge in [-0.25, -0.2) is 9.37 Å². The molecule has 3 aromatic rings. The number of hydrogen-bond acceptors (Lipinski definition) is 3. The maximum atomic E-state index is 14.1. The van der Waals surface area contributed by atoms with Gasteiger partial charge in [0.05, 0.1) is 17.6 Å². The molecule has 1 aliphatic carbocycles. The van der Waals surface area contributed by atoms with Crippen molar-refractivity contribution in [3.05, 3.63) is 63.4 Å². The summed E-state index contributed by atoms with van der Waals surface area (Å²) in [6, 6.07) is 7.79. The third-order valence-electron chi connectivity index (χ3n) is 5.72. The summed E-state index contributed by atoms with van der Waals surface area (Å²) in [4.78, 5) is 4.95. The van der Waals surface area contributed by atoms with Crippen LogP contribution in [0.3, 0.4) is 0 Å². The van der Waals surface area contributed by atoms with Crippen LogP contribution in [0.5, 0.6) is 0 Å². The minimum Gasteiger partial charge on any atom is -0.354 e. The SMILES string of the molecule is Cc1cc(Cn2c(NCCN)nc3c(C4=CCCCC4)cc(Cl)cc32)cc(C)c1F. The van der Waals surface area contributed by atoms with E-state index in [0.717, 1.165) is 41.0 Å². The Hall–Kier alpha value is -2.37. The van der Waals surface area contributed by atoms with E-state index in [2.05, 4.69) is 16.0 Å². The molecule has 30 heavy (non-hydrogen) atoms. The number of nitrogens with two attached hydrogens (primary N) is 1. The molecule has 3 N–H and O–H groups in total. The minimum absolute atomic E-state index is 0.148. The standard InChI is InChI=1S/C24H28ClFN4/c1-15-10-17(11-16(2)22(15)26)14-30-21-13-19(25)12-20(18-6-4-3-5-7-18)23(21)29-24(30)28-9-8-27/h6,10-13H,3-5,7-9,14,27H2,1-2H3,(H,28,29). The number of hydrogen-bond donors (Lipinski definition) is 2. The fourth-order valence-corrected chi connectivity index (χ4v) is 4.52. The minimum atomic E-state index is -0.148. The number of allylic oxidation sites excluding steroid dienone is 2. The van der Waals surface area contributed by atoms with Gasteiger partial charge in [0.2, 0.25) is 5.95 Å². The van der Waals surface area contributed by atoms with Crippen LogP contribution in [0.4, 0.5) is 10.3 Å². The Labute approximate surface area is 181 Å². The number of imidazole rings is 1. The molecule has 1 heterocycles. The van der Waals surface area contributed by atoms with E-state index in [0.29, 0.717) is 35.8 Å². The number of aryl methyl sites for hydroxylation is 2. The van der Waals surface area contributed by atoms with Crippen LogP contribution < -0.4 is 11.1 Å². The Morgan fingerprint density at radius 3 is 2.60 bits per heavy atom. The van der Waals surface area contributed by atoms with Gasteiger partial charge in [0.1, 0.15) is 5.82 Å². The molecule has 2 aromatic carbocycles. The van der Waals surface area contributed by atoms with Crippen molar-refractivity contribution in [1.82, 2.24) is 9.55 Å². The summed E-state index contributed by atoms with van der Waals surface area (Å²) in [6.45, 7) is 5.31. The van der Waals surface area contributed by atoms with Crippen molar-refractivity contribution in [2.24, 2.45) is 5.73 Å². The van der Waals surface area contributed by atoms with Crippen LogP contribution in [0.25, 0.3) is 16.6 Å². The Balaban J connectivity index is 1.86. The number of benzene rings is 2. The van der Waals surface area contributed by atoms with Gasteiger partial charge in [0.15, 0.2) is 0 Å². The summed E-state index contributed by atoms with van der Waals surface area (Å²) < 4.78 is 16.3. The first-order valence-corrected chi connectivity index (χ1v) is 10.9. The summed E-state index contributed by atoms with van der Waals surface area (Å²) in [5.74, 6) is 0.611. The predicted molar refractivity (Wildman–Crippen MR) is 124 cm³/mol. The average Bonchev–Trinajstić information content (AvgIpc) is 3.07. The molecule has 0 unspecified atom stereocenters. The van der Waals surface area contributed by atoms with Crippen LogP contribution in [0.1, 0.15) is 47.9 Å². The lowest BCUT2D eigenvalue weighted by Crippen LogP contribution is -2.16. The lowest BCUT2D eigenvalue weighted by atomic mass is 9.93. The highest BCUT2D eigenvalue weighted by molar-refractivity contribution is 6.31. The molecule has 1 aromatic heterocycles. The van der Waals surface area contributed by atoms with E-state index in [4.69, 9.17) is 22.3 Å². The van der Waals surface area contributed by atoms with Gasteiger partial charge in [-0.05, 0) is 73.9 Å². The van der Waals surface area contributed by atoms with Gasteiger partial charge in [-0.2, -0.15) is 0 Å². The fraction of sp³-hybridized carbons (Fsp3) is 0.375. The van der Waals surface area contributed by atoms with Crippen LogP contribution in [-0.2, 0) is 6.54 Å². The smallest absolute Gasteiger partial charge is 0.204 e. The van der Waals surface area contributed by atoms with Gasteiger partial charge in [-0.1, -0.05) is 29.8 Å². The number of halogens is 2. The van der Waals surface area contributed by atoms with Crippen molar-refractivity contribution < 1.29 is 4.39 Å². The van der Waals surface area contributed by atoms with Gasteiger partial charge in [-0.15, -0.1) is 0 Å². The largest absolute Gasteiger partial charge is 0.354 e. The predicted octanol–water partition coefficient (Wildman–Crippen LogP) is 5.82. The first-order valence-electron chi connectivity index (χ1n) is 10.6. The first-order chi connectivity index (χ1) is 14.5. The molecule has 0 spiro atoms. The van der Waals surface area contributed by atoms with Gasteiger partial charge < -0.3 is 15.6 Å². The van der Waals surface area contributed by atoms with Crippen molar-refractivity contribution in [3.63, 3.8) is 0 Å². The van der Waals surface area contributed by atoms with Gasteiger partial charge in [0.25, 0.3) is 0 Å². The number of rotatable bonds is 6. The zero-order valence-electron chi connectivity index (χ0n) is 17.6. The summed E-state index contributed by atoms with van der Waals surface area (Å²) in [6.07, 6.45) is 6.87. The highest BCUT2D eigenvalue weighted by Gasteiger charge is 2.19. The second-order valence-electron chi connectivity index (χ2n) is 8.08. The molecule has 0 fully saturated rings. The fourth-order valence-electron chi connectivity index (χ4n) is 4.30. The number of fused-ring (bicyclic) bond motifs is 1. The molecule has 6 heteroatoms. The van der Waals surface area contributed by atoms with E-state index in [1.54, 1.807) is 13.8 Å². The van der Waals surface area contributed by atoms with Crippen molar-refractivity contribution in [1.29, 1.82) is 0 Å². The summed E-state index contributed by atoms with van der Waals surface area (Å²) >= 11 is 6.54. The maximum absolute atomic E-state index is 14.1. The number of nitrogens with zero attached hydrogens (tertiary/aromatic N) is 2. The van der Waals surface area contributed by atoms with Crippen LogP contribution >= 0.6 is 11.6 Å². The Bertz CT molecular complexity index is 1090. The molecular weight excluding hydrogens is 399 g/mol. The van der Waals surface area contributed by atoms with Crippen molar-refractivity contribution in [2.45, 2.75) is 46.1 Å². The second kappa shape index (κ2) is 8.78. The third kappa shape index (κ3) is 4.09. The summed E-state index contributed by atoms with van der Waals surface area (Å²) in [5, 5.41) is 4.05. The molecule has 0 bridgehead atoms. The van der Waals surface area contributed by atoms with E-state index in [-0.39, 0.29) is 5.82 Å². The highest BCUT2D eigenvalue weighted by atomic mass is 35.5. The molecule has 0 saturated carbocycles. The molecule has 158 valence electrons. The van der Waals surface area contributed by atoms with Crippen molar-refractivity contribution in [2.75, 3.05) is 18.4 Å². The van der Waals surface area contributed by atoms with Gasteiger partial charge in [-0.3, -0.25) is 0 Å². The lowest BCUT2D eigenvalue weighted by Gasteiger charge is -2.15. The second-order valence-corrected chi connectivity index (χ2v) is 8.51. The first kappa shape index (κ1) is 20.9. The summed E-state index contributed by atoms with van der Waals surface area (Å²) in [5.41, 5.74) is 12.4. The highest BCUT2D eigenvalue weighted by Crippen LogP contribution is 2.35. The lowest BCUT2D eigenvalue weighted by molar-refractivity contribution is 0.607. The van der Waals surface area contributed by atoms with E-state index < -0.39 is 0 Å². The quantitative estimate of drug-likeness (QED) is 0.522. The van der Waals surface area contributed by atoms with E-state index in [1.165, 1.54) is 18.4 Å². The van der Waals surface area contributed by atoms with E-state index in [1.807, 2.05) is 24.3 Å². The Kier molecular flexibility index (Phi) is 6.11. The molecule has 0 atom stereocenters. The number of anilines is 1. The van der Waals surface area contributed by atoms with Gasteiger partial charge in [0, 0.05) is 23.7 Å². The van der Waals surface area contributed by atoms with Crippen LogP contribution in [-0.4, -0.2) is 22.6 Å². The third-order valence-corrected chi connectivity index (χ3v) is 5.94. The maximum Gasteiger partial charge on any atom is 0.204 e. The van der Waals surface area contributed by atoms with E-state index >= 15 is 0 Å². The monoisotopic (exact) mass is 426 g/mol. The van der Waals surface area contributed by atoms with Crippen molar-refractivity contribution >= 4 is 34.2 Å². The molecule has 0 saturated heterocycles. The Morgan fingerprint density at radius 2 is 1.93 bits per heavy atom.